The molecule has 0 saturated carbocycles. The number of aromatic nitrogens is 4. The predicted octanol–water partition coefficient (Wildman–Crippen LogP) is 12.6. The average molecular weight is 697 g/mol. The smallest absolute Gasteiger partial charge is 0.164 e. The summed E-state index contributed by atoms with van der Waals surface area (Å²) in [6.07, 6.45) is 0. The van der Waals surface area contributed by atoms with Crippen molar-refractivity contribution >= 4 is 53.3 Å². The van der Waals surface area contributed by atoms with Crippen molar-refractivity contribution in [1.82, 2.24) is 19.5 Å². The lowest BCUT2D eigenvalue weighted by atomic mass is 9.82. The van der Waals surface area contributed by atoms with Gasteiger partial charge in [-0.2, -0.15) is 0 Å². The number of para-hydroxylation sites is 2. The van der Waals surface area contributed by atoms with Crippen molar-refractivity contribution < 1.29 is 0 Å². The van der Waals surface area contributed by atoms with E-state index in [4.69, 9.17) is 15.0 Å². The molecular weight excluding hydrogens is 665 g/mol. The molecule has 3 heterocycles. The number of hydrogen-bond donors (Lipinski definition) is 0. The monoisotopic (exact) mass is 696 g/mol. The van der Waals surface area contributed by atoms with Crippen molar-refractivity contribution in [2.75, 3.05) is 0 Å². The fourth-order valence-corrected chi connectivity index (χ4v) is 9.64. The van der Waals surface area contributed by atoms with Crippen LogP contribution in [0.3, 0.4) is 0 Å². The lowest BCUT2D eigenvalue weighted by Crippen LogP contribution is -2.15. The second-order valence-electron chi connectivity index (χ2n) is 14.4. The van der Waals surface area contributed by atoms with E-state index in [2.05, 4.69) is 158 Å². The Labute approximate surface area is 310 Å². The zero-order chi connectivity index (χ0) is 35.3. The highest BCUT2D eigenvalue weighted by Gasteiger charge is 2.35. The number of nitrogens with zero attached hydrogens (tertiary/aromatic N) is 4. The molecule has 0 spiro atoms. The molecule has 0 fully saturated rings. The topological polar surface area (TPSA) is 43.6 Å². The largest absolute Gasteiger partial charge is 0.309 e. The number of fused-ring (bicyclic) bond motifs is 9. The van der Waals surface area contributed by atoms with E-state index in [1.807, 2.05) is 29.5 Å². The molecule has 0 radical (unpaired) electrons. The second-order valence-corrected chi connectivity index (χ2v) is 15.5. The Bertz CT molecular complexity index is 3040. The maximum absolute atomic E-state index is 5.29. The Morgan fingerprint density at radius 1 is 0.453 bits per heavy atom. The van der Waals surface area contributed by atoms with Gasteiger partial charge in [-0.3, -0.25) is 0 Å². The van der Waals surface area contributed by atoms with E-state index in [0.29, 0.717) is 17.5 Å². The highest BCUT2D eigenvalue weighted by molar-refractivity contribution is 7.26. The van der Waals surface area contributed by atoms with Crippen molar-refractivity contribution in [2.24, 2.45) is 0 Å². The maximum atomic E-state index is 5.29. The standard InChI is InChI=1S/C48H32N4S/c1-48(2)38-19-9-6-15-32(38)33-25-23-30(27-39(33)48)46-49-45(29-13-4-3-5-14-29)50-47(51-46)36-18-12-22-43-44(36)37-28-31(24-26-42(37)53-43)52-40-20-10-7-16-34(40)35-17-8-11-21-41(35)52/h3-28H,1-2H3. The van der Waals surface area contributed by atoms with Crippen molar-refractivity contribution in [3.63, 3.8) is 0 Å². The summed E-state index contributed by atoms with van der Waals surface area (Å²) >= 11 is 1.81. The van der Waals surface area contributed by atoms with Crippen LogP contribution in [-0.2, 0) is 5.41 Å². The van der Waals surface area contributed by atoms with Gasteiger partial charge in [-0.1, -0.05) is 129 Å². The van der Waals surface area contributed by atoms with Crippen LogP contribution in [0.25, 0.3) is 93.0 Å². The molecule has 1 aliphatic carbocycles. The average Bonchev–Trinajstić information content (AvgIpc) is 3.83. The van der Waals surface area contributed by atoms with E-state index < -0.39 is 0 Å². The molecule has 0 amide bonds. The Hall–Kier alpha value is -6.43. The van der Waals surface area contributed by atoms with Crippen LogP contribution in [0.1, 0.15) is 25.0 Å². The first-order valence-electron chi connectivity index (χ1n) is 18.0. The first kappa shape index (κ1) is 30.2. The van der Waals surface area contributed by atoms with E-state index in [0.717, 1.165) is 27.8 Å². The molecule has 0 N–H and O–H groups in total. The Kier molecular flexibility index (Phi) is 6.43. The number of rotatable bonds is 4. The molecule has 10 aromatic rings. The normalized spacial score (nSPS) is 13.2. The van der Waals surface area contributed by atoms with Gasteiger partial charge in [-0.15, -0.1) is 11.3 Å². The van der Waals surface area contributed by atoms with E-state index >= 15 is 0 Å². The number of thiophene rings is 1. The Morgan fingerprint density at radius 3 is 1.89 bits per heavy atom. The lowest BCUT2D eigenvalue weighted by Gasteiger charge is -2.21. The summed E-state index contributed by atoms with van der Waals surface area (Å²) in [4.78, 5) is 15.6. The van der Waals surface area contributed by atoms with Gasteiger partial charge in [0.2, 0.25) is 0 Å². The summed E-state index contributed by atoms with van der Waals surface area (Å²) in [6, 6.07) is 56.4. The van der Waals surface area contributed by atoms with Gasteiger partial charge in [0.25, 0.3) is 0 Å². The van der Waals surface area contributed by atoms with Gasteiger partial charge in [-0.25, -0.2) is 15.0 Å². The summed E-state index contributed by atoms with van der Waals surface area (Å²) in [5.74, 6) is 2.01. The van der Waals surface area contributed by atoms with Gasteiger partial charge in [0.15, 0.2) is 17.5 Å². The summed E-state index contributed by atoms with van der Waals surface area (Å²) in [5.41, 5.74) is 11.6. The zero-order valence-electron chi connectivity index (χ0n) is 29.2. The number of benzene rings is 7. The summed E-state index contributed by atoms with van der Waals surface area (Å²) in [7, 11) is 0. The van der Waals surface area contributed by atoms with Gasteiger partial charge in [-0.05, 0) is 64.7 Å². The first-order valence-corrected chi connectivity index (χ1v) is 18.9. The van der Waals surface area contributed by atoms with Crippen molar-refractivity contribution in [3.8, 4) is 51.0 Å². The van der Waals surface area contributed by atoms with Crippen molar-refractivity contribution in [2.45, 2.75) is 19.3 Å². The van der Waals surface area contributed by atoms with Crippen LogP contribution in [0.2, 0.25) is 0 Å². The van der Waals surface area contributed by atoms with Crippen LogP contribution in [0.4, 0.5) is 0 Å². The molecule has 11 rings (SSSR count). The summed E-state index contributed by atoms with van der Waals surface area (Å²) in [5, 5.41) is 4.87. The molecule has 53 heavy (non-hydrogen) atoms. The van der Waals surface area contributed by atoms with Crippen LogP contribution < -0.4 is 0 Å². The maximum Gasteiger partial charge on any atom is 0.164 e. The van der Waals surface area contributed by atoms with Gasteiger partial charge in [0, 0.05) is 58.7 Å². The SMILES string of the molecule is CC1(C)c2ccccc2-c2ccc(-c3nc(-c4ccccc4)nc(-c4cccc5sc6ccc(-n7c8ccccc8c8ccccc87)cc6c45)n3)cc21. The Balaban J connectivity index is 1.13. The molecule has 0 saturated heterocycles. The summed E-state index contributed by atoms with van der Waals surface area (Å²) in [6.45, 7) is 4.62. The van der Waals surface area contributed by atoms with Crippen LogP contribution in [0, 0.1) is 0 Å². The fraction of sp³-hybridized carbons (Fsp3) is 0.0625. The fourth-order valence-electron chi connectivity index (χ4n) is 8.53. The molecule has 0 atom stereocenters. The number of hydrogen-bond acceptors (Lipinski definition) is 4. The van der Waals surface area contributed by atoms with Gasteiger partial charge in [0.05, 0.1) is 11.0 Å². The second kappa shape index (κ2) is 11.3. The van der Waals surface area contributed by atoms with Gasteiger partial charge in [0.1, 0.15) is 0 Å². The van der Waals surface area contributed by atoms with Gasteiger partial charge >= 0.3 is 0 Å². The molecule has 7 aromatic carbocycles. The van der Waals surface area contributed by atoms with E-state index in [-0.39, 0.29) is 5.41 Å². The molecule has 3 aromatic heterocycles. The minimum absolute atomic E-state index is 0.130. The molecule has 1 aliphatic rings. The highest BCUT2D eigenvalue weighted by atomic mass is 32.1. The van der Waals surface area contributed by atoms with E-state index in [1.165, 1.54) is 58.8 Å². The van der Waals surface area contributed by atoms with Crippen LogP contribution in [0.15, 0.2) is 158 Å². The minimum Gasteiger partial charge on any atom is -0.309 e. The van der Waals surface area contributed by atoms with E-state index in [1.54, 1.807) is 0 Å². The molecule has 0 bridgehead atoms. The molecule has 250 valence electrons. The zero-order valence-corrected chi connectivity index (χ0v) is 30.0. The Morgan fingerprint density at radius 2 is 1.09 bits per heavy atom. The lowest BCUT2D eigenvalue weighted by molar-refractivity contribution is 0.660. The third-order valence-corrected chi connectivity index (χ3v) is 12.2. The first-order chi connectivity index (χ1) is 26.0. The van der Waals surface area contributed by atoms with Crippen LogP contribution in [0.5, 0.6) is 0 Å². The predicted molar refractivity (Wildman–Crippen MR) is 221 cm³/mol. The third kappa shape index (κ3) is 4.51. The quantitative estimate of drug-likeness (QED) is 0.184. The molecule has 0 aliphatic heterocycles. The van der Waals surface area contributed by atoms with Crippen molar-refractivity contribution in [3.05, 3.63) is 169 Å². The highest BCUT2D eigenvalue weighted by Crippen LogP contribution is 2.49. The molecule has 4 nitrogen and oxygen atoms in total. The molecule has 5 heteroatoms. The van der Waals surface area contributed by atoms with Gasteiger partial charge < -0.3 is 4.57 Å². The third-order valence-electron chi connectivity index (χ3n) is 11.1. The minimum atomic E-state index is -0.130. The summed E-state index contributed by atoms with van der Waals surface area (Å²) < 4.78 is 4.82. The van der Waals surface area contributed by atoms with E-state index in [9.17, 15) is 0 Å². The molecular formula is C48H32N4S. The van der Waals surface area contributed by atoms with Crippen LogP contribution in [-0.4, -0.2) is 19.5 Å². The van der Waals surface area contributed by atoms with Crippen LogP contribution >= 0.6 is 11.3 Å². The molecule has 0 unspecified atom stereocenters. The van der Waals surface area contributed by atoms with Crippen molar-refractivity contribution in [1.29, 1.82) is 0 Å².